The smallest absolute Gasteiger partial charge is 0.282 e. The van der Waals surface area contributed by atoms with Gasteiger partial charge in [-0.1, -0.05) is 12.8 Å². The van der Waals surface area contributed by atoms with Gasteiger partial charge in [-0.15, -0.1) is 11.8 Å². The van der Waals surface area contributed by atoms with E-state index in [-0.39, 0.29) is 11.8 Å². The molecular formula is C17H28N4O4S2. The molecule has 4 rings (SSSR count). The van der Waals surface area contributed by atoms with Gasteiger partial charge in [0, 0.05) is 58.0 Å². The lowest BCUT2D eigenvalue weighted by atomic mass is 10.1. The fourth-order valence-corrected chi connectivity index (χ4v) is 7.73. The number of carbonyl (C=O) groups is 2. The molecule has 0 unspecified atom stereocenters. The highest BCUT2D eigenvalue weighted by Crippen LogP contribution is 2.46. The lowest BCUT2D eigenvalue weighted by Gasteiger charge is -2.40. The van der Waals surface area contributed by atoms with Crippen molar-refractivity contribution in [2.24, 2.45) is 0 Å². The van der Waals surface area contributed by atoms with Gasteiger partial charge >= 0.3 is 0 Å². The maximum Gasteiger partial charge on any atom is 0.282 e. The van der Waals surface area contributed by atoms with Gasteiger partial charge in [-0.2, -0.15) is 17.0 Å². The number of thioether (sulfide) groups is 1. The van der Waals surface area contributed by atoms with Gasteiger partial charge in [-0.25, -0.2) is 0 Å². The summed E-state index contributed by atoms with van der Waals surface area (Å²) in [5.74, 6) is 0.847. The first-order chi connectivity index (χ1) is 12.9. The Hall–Kier alpha value is -0.840. The van der Waals surface area contributed by atoms with Crippen molar-refractivity contribution in [1.82, 2.24) is 18.4 Å². The van der Waals surface area contributed by atoms with Crippen LogP contribution in [0.25, 0.3) is 0 Å². The number of amides is 2. The van der Waals surface area contributed by atoms with Gasteiger partial charge in [0.2, 0.25) is 5.91 Å². The van der Waals surface area contributed by atoms with Gasteiger partial charge in [0.05, 0.1) is 0 Å². The Morgan fingerprint density at radius 1 is 0.889 bits per heavy atom. The maximum atomic E-state index is 13.2. The Balaban J connectivity index is 1.40. The second-order valence-electron chi connectivity index (χ2n) is 7.69. The van der Waals surface area contributed by atoms with E-state index in [0.29, 0.717) is 58.7 Å². The van der Waals surface area contributed by atoms with Crippen LogP contribution in [0.3, 0.4) is 0 Å². The zero-order valence-electron chi connectivity index (χ0n) is 15.6. The zero-order chi connectivity index (χ0) is 19.1. The van der Waals surface area contributed by atoms with Crippen molar-refractivity contribution in [2.75, 3.05) is 51.6 Å². The number of rotatable bonds is 3. The van der Waals surface area contributed by atoms with Crippen LogP contribution >= 0.6 is 11.8 Å². The van der Waals surface area contributed by atoms with Crippen LogP contribution in [0.15, 0.2) is 0 Å². The van der Waals surface area contributed by atoms with Gasteiger partial charge in [0.25, 0.3) is 16.1 Å². The van der Waals surface area contributed by atoms with Crippen LogP contribution in [0.5, 0.6) is 0 Å². The quantitative estimate of drug-likeness (QED) is 0.662. The van der Waals surface area contributed by atoms with Crippen molar-refractivity contribution < 1.29 is 18.0 Å². The lowest BCUT2D eigenvalue weighted by molar-refractivity contribution is -0.143. The highest BCUT2D eigenvalue weighted by molar-refractivity contribution is 8.01. The summed E-state index contributed by atoms with van der Waals surface area (Å²) in [7, 11) is -3.45. The largest absolute Gasteiger partial charge is 0.337 e. The topological polar surface area (TPSA) is 81.2 Å². The number of piperazine rings is 1. The van der Waals surface area contributed by atoms with Crippen molar-refractivity contribution in [3.05, 3.63) is 0 Å². The van der Waals surface area contributed by atoms with E-state index in [1.807, 2.05) is 0 Å². The second-order valence-corrected chi connectivity index (χ2v) is 11.0. The molecule has 0 bridgehead atoms. The first-order valence-corrected chi connectivity index (χ1v) is 12.3. The van der Waals surface area contributed by atoms with Crippen LogP contribution in [0, 0.1) is 0 Å². The molecule has 0 spiro atoms. The van der Waals surface area contributed by atoms with Crippen LogP contribution in [0.4, 0.5) is 0 Å². The molecule has 0 aromatic rings. The minimum absolute atomic E-state index is 0.0114. The summed E-state index contributed by atoms with van der Waals surface area (Å²) >= 11 is 1.57. The van der Waals surface area contributed by atoms with Crippen LogP contribution in [0.1, 0.15) is 38.5 Å². The first-order valence-electron chi connectivity index (χ1n) is 9.94. The van der Waals surface area contributed by atoms with E-state index >= 15 is 0 Å². The standard InChI is InChI=1S/C17H28N4O4S2/c22-15-5-6-17(21(15)13-14-26-17)16(23)18-9-11-20(12-10-18)27(24,25)19-7-3-1-2-4-8-19/h1-14H2/t17-/m1/s1. The highest BCUT2D eigenvalue weighted by Gasteiger charge is 2.56. The van der Waals surface area contributed by atoms with Gasteiger partial charge in [0.1, 0.15) is 0 Å². The summed E-state index contributed by atoms with van der Waals surface area (Å²) in [6.07, 6.45) is 5.01. The molecule has 1 atom stereocenters. The maximum absolute atomic E-state index is 13.2. The van der Waals surface area contributed by atoms with E-state index in [4.69, 9.17) is 0 Å². The predicted molar refractivity (Wildman–Crippen MR) is 103 cm³/mol. The average Bonchev–Trinajstić information content (AvgIpc) is 3.10. The van der Waals surface area contributed by atoms with Crippen molar-refractivity contribution in [3.8, 4) is 0 Å². The summed E-state index contributed by atoms with van der Waals surface area (Å²) in [5.41, 5.74) is 0. The molecule has 0 N–H and O–H groups in total. The Morgan fingerprint density at radius 2 is 1.52 bits per heavy atom. The predicted octanol–water partition coefficient (Wildman–Crippen LogP) is 0.317. The molecule has 0 aromatic carbocycles. The second kappa shape index (κ2) is 7.53. The van der Waals surface area contributed by atoms with E-state index in [2.05, 4.69) is 0 Å². The van der Waals surface area contributed by atoms with Gasteiger partial charge in [0.15, 0.2) is 4.87 Å². The molecule has 4 saturated heterocycles. The molecule has 4 aliphatic heterocycles. The molecule has 4 heterocycles. The molecule has 0 aromatic heterocycles. The molecule has 8 nitrogen and oxygen atoms in total. The third-order valence-corrected chi connectivity index (χ3v) is 9.65. The van der Waals surface area contributed by atoms with Gasteiger partial charge < -0.3 is 9.80 Å². The summed E-state index contributed by atoms with van der Waals surface area (Å²) in [6.45, 7) is 3.29. The molecule has 4 aliphatic rings. The van der Waals surface area contributed by atoms with E-state index in [0.717, 1.165) is 31.4 Å². The van der Waals surface area contributed by atoms with Crippen LogP contribution in [0.2, 0.25) is 0 Å². The monoisotopic (exact) mass is 416 g/mol. The summed E-state index contributed by atoms with van der Waals surface area (Å²) in [6, 6.07) is 0. The zero-order valence-corrected chi connectivity index (χ0v) is 17.3. The van der Waals surface area contributed by atoms with Gasteiger partial charge in [-0.3, -0.25) is 9.59 Å². The normalized spacial score (nSPS) is 31.2. The number of fused-ring (bicyclic) bond motifs is 1. The van der Waals surface area contributed by atoms with Crippen molar-refractivity contribution >= 4 is 33.8 Å². The van der Waals surface area contributed by atoms with E-state index in [1.54, 1.807) is 25.9 Å². The Bertz CT molecular complexity index is 700. The molecule has 0 aliphatic carbocycles. The fraction of sp³-hybridized carbons (Fsp3) is 0.882. The van der Waals surface area contributed by atoms with Crippen molar-refractivity contribution in [2.45, 2.75) is 43.4 Å². The molecule has 0 saturated carbocycles. The fourth-order valence-electron chi connectivity index (χ4n) is 4.60. The summed E-state index contributed by atoms with van der Waals surface area (Å²) in [4.78, 5) is 28.0. The Kier molecular flexibility index (Phi) is 5.43. The SMILES string of the molecule is O=C1CC[C@]2(C(=O)N3CCN(S(=O)(=O)N4CCCCCC4)CC3)SCCN12. The van der Waals surface area contributed by atoms with E-state index < -0.39 is 15.1 Å². The molecule has 152 valence electrons. The van der Waals surface area contributed by atoms with Crippen molar-refractivity contribution in [1.29, 1.82) is 0 Å². The molecule has 0 radical (unpaired) electrons. The van der Waals surface area contributed by atoms with Crippen LogP contribution < -0.4 is 0 Å². The number of carbonyl (C=O) groups excluding carboxylic acids is 2. The van der Waals surface area contributed by atoms with Crippen LogP contribution in [-0.4, -0.2) is 95.1 Å². The minimum atomic E-state index is -3.45. The lowest BCUT2D eigenvalue weighted by Crippen LogP contribution is -2.59. The molecule has 4 fully saturated rings. The molecular weight excluding hydrogens is 388 g/mol. The van der Waals surface area contributed by atoms with Gasteiger partial charge in [-0.05, 0) is 19.3 Å². The molecule has 2 amide bonds. The summed E-state index contributed by atoms with van der Waals surface area (Å²) < 4.78 is 29.0. The number of nitrogens with zero attached hydrogens (tertiary/aromatic N) is 4. The minimum Gasteiger partial charge on any atom is -0.337 e. The Morgan fingerprint density at radius 3 is 2.19 bits per heavy atom. The average molecular weight is 417 g/mol. The van der Waals surface area contributed by atoms with Crippen molar-refractivity contribution in [3.63, 3.8) is 0 Å². The molecule has 10 heteroatoms. The highest BCUT2D eigenvalue weighted by atomic mass is 32.2. The molecule has 27 heavy (non-hydrogen) atoms. The number of hydrogen-bond acceptors (Lipinski definition) is 5. The Labute approximate surface area is 165 Å². The van der Waals surface area contributed by atoms with E-state index in [1.165, 1.54) is 4.31 Å². The third kappa shape index (κ3) is 3.38. The van der Waals surface area contributed by atoms with Crippen LogP contribution in [-0.2, 0) is 19.8 Å². The number of hydrogen-bond donors (Lipinski definition) is 0. The summed E-state index contributed by atoms with van der Waals surface area (Å²) in [5, 5.41) is 0. The first kappa shape index (κ1) is 19.5. The van der Waals surface area contributed by atoms with E-state index in [9.17, 15) is 18.0 Å². The third-order valence-electron chi connectivity index (χ3n) is 6.15.